The van der Waals surface area contributed by atoms with Gasteiger partial charge in [0.25, 0.3) is 0 Å². The van der Waals surface area contributed by atoms with Gasteiger partial charge in [-0.3, -0.25) is 9.59 Å². The first-order valence-electron chi connectivity index (χ1n) is 4.38. The van der Waals surface area contributed by atoms with Gasteiger partial charge in [-0.2, -0.15) is 0 Å². The summed E-state index contributed by atoms with van der Waals surface area (Å²) in [7, 11) is 3.10. The molecule has 0 aromatic rings. The molecule has 5 nitrogen and oxygen atoms in total. The van der Waals surface area contributed by atoms with Crippen molar-refractivity contribution in [1.82, 2.24) is 5.32 Å². The quantitative estimate of drug-likeness (QED) is 0.579. The van der Waals surface area contributed by atoms with E-state index in [0.717, 1.165) is 0 Å². The molecule has 0 aromatic heterocycles. The highest BCUT2D eigenvalue weighted by atomic mass is 16.5. The van der Waals surface area contributed by atoms with Gasteiger partial charge in [0.15, 0.2) is 0 Å². The maximum Gasteiger partial charge on any atom is 0.227 e. The number of ketones is 1. The van der Waals surface area contributed by atoms with Gasteiger partial charge in [-0.05, 0) is 6.92 Å². The minimum Gasteiger partial charge on any atom is -0.382 e. The molecule has 0 aromatic carbocycles. The van der Waals surface area contributed by atoms with Crippen LogP contribution in [0, 0.1) is 0 Å². The van der Waals surface area contributed by atoms with Crippen LogP contribution in [-0.2, 0) is 19.1 Å². The van der Waals surface area contributed by atoms with Gasteiger partial charge in [-0.1, -0.05) is 0 Å². The fourth-order valence-corrected chi connectivity index (χ4v) is 0.912. The van der Waals surface area contributed by atoms with Gasteiger partial charge in [-0.15, -0.1) is 0 Å². The number of hydrogen-bond acceptors (Lipinski definition) is 4. The van der Waals surface area contributed by atoms with Gasteiger partial charge in [0.05, 0.1) is 19.1 Å². The molecule has 0 fully saturated rings. The molecule has 0 aliphatic heterocycles. The molecule has 1 amide bonds. The smallest absolute Gasteiger partial charge is 0.227 e. The number of hydrogen-bond donors (Lipinski definition) is 1. The molecule has 1 unspecified atom stereocenters. The van der Waals surface area contributed by atoms with Crippen LogP contribution in [0.5, 0.6) is 0 Å². The van der Waals surface area contributed by atoms with Crippen molar-refractivity contribution >= 4 is 11.7 Å². The standard InChI is InChI=1S/C9H17NO4/c1-7(11)4-9(12)10-5-8(14-3)6-13-2/h8H,4-6H2,1-3H3,(H,10,12). The van der Waals surface area contributed by atoms with Crippen LogP contribution in [-0.4, -0.2) is 45.2 Å². The monoisotopic (exact) mass is 203 g/mol. The molecule has 0 heterocycles. The second-order valence-corrected chi connectivity index (χ2v) is 3.00. The van der Waals surface area contributed by atoms with E-state index in [1.807, 2.05) is 0 Å². The van der Waals surface area contributed by atoms with Crippen molar-refractivity contribution in [2.45, 2.75) is 19.4 Å². The predicted octanol–water partition coefficient (Wildman–Crippen LogP) is -0.257. The summed E-state index contributed by atoms with van der Waals surface area (Å²) in [5.74, 6) is -0.432. The number of methoxy groups -OCH3 is 2. The number of carbonyl (C=O) groups is 2. The van der Waals surface area contributed by atoms with Crippen molar-refractivity contribution in [2.24, 2.45) is 0 Å². The van der Waals surface area contributed by atoms with Crippen LogP contribution in [0.1, 0.15) is 13.3 Å². The van der Waals surface area contributed by atoms with Crippen LogP contribution in [0.3, 0.4) is 0 Å². The third-order valence-electron chi connectivity index (χ3n) is 1.62. The Morgan fingerprint density at radius 3 is 2.43 bits per heavy atom. The molecular weight excluding hydrogens is 186 g/mol. The van der Waals surface area contributed by atoms with E-state index in [9.17, 15) is 9.59 Å². The molecular formula is C9H17NO4. The predicted molar refractivity (Wildman–Crippen MR) is 51.0 cm³/mol. The average Bonchev–Trinajstić information content (AvgIpc) is 2.11. The molecule has 0 saturated carbocycles. The highest BCUT2D eigenvalue weighted by Gasteiger charge is 2.09. The van der Waals surface area contributed by atoms with Crippen LogP contribution < -0.4 is 5.32 Å². The zero-order valence-corrected chi connectivity index (χ0v) is 8.83. The zero-order valence-electron chi connectivity index (χ0n) is 8.83. The van der Waals surface area contributed by atoms with Gasteiger partial charge < -0.3 is 14.8 Å². The summed E-state index contributed by atoms with van der Waals surface area (Å²) in [4.78, 5) is 21.6. The van der Waals surface area contributed by atoms with E-state index in [1.54, 1.807) is 14.2 Å². The summed E-state index contributed by atoms with van der Waals surface area (Å²) in [5, 5.41) is 2.59. The van der Waals surface area contributed by atoms with E-state index in [0.29, 0.717) is 13.2 Å². The van der Waals surface area contributed by atoms with E-state index in [1.165, 1.54) is 6.92 Å². The maximum atomic E-state index is 11.0. The van der Waals surface area contributed by atoms with E-state index in [4.69, 9.17) is 9.47 Å². The van der Waals surface area contributed by atoms with Gasteiger partial charge in [0, 0.05) is 20.8 Å². The van der Waals surface area contributed by atoms with Crippen molar-refractivity contribution in [3.63, 3.8) is 0 Å². The Labute approximate surface area is 83.8 Å². The lowest BCUT2D eigenvalue weighted by Gasteiger charge is -2.14. The molecule has 0 aliphatic rings. The Morgan fingerprint density at radius 2 is 2.00 bits per heavy atom. The fourth-order valence-electron chi connectivity index (χ4n) is 0.912. The van der Waals surface area contributed by atoms with E-state index in [2.05, 4.69) is 5.32 Å². The molecule has 0 aliphatic carbocycles. The lowest BCUT2D eigenvalue weighted by atomic mass is 10.3. The van der Waals surface area contributed by atoms with Crippen LogP contribution in [0.2, 0.25) is 0 Å². The second-order valence-electron chi connectivity index (χ2n) is 3.00. The summed E-state index contributed by atoms with van der Waals surface area (Å²) in [6.45, 7) is 2.15. The zero-order chi connectivity index (χ0) is 11.0. The molecule has 82 valence electrons. The fraction of sp³-hybridized carbons (Fsp3) is 0.778. The molecule has 1 N–H and O–H groups in total. The maximum absolute atomic E-state index is 11.0. The summed E-state index contributed by atoms with van der Waals surface area (Å²) in [6.07, 6.45) is -0.250. The number of Topliss-reactive ketones (excluding diaryl/α,β-unsaturated/α-hetero) is 1. The third kappa shape index (κ3) is 6.56. The summed E-state index contributed by atoms with van der Waals surface area (Å²) in [5.41, 5.74) is 0. The van der Waals surface area contributed by atoms with Gasteiger partial charge in [0.2, 0.25) is 5.91 Å². The lowest BCUT2D eigenvalue weighted by molar-refractivity contribution is -0.127. The average molecular weight is 203 g/mol. The van der Waals surface area contributed by atoms with Crippen molar-refractivity contribution < 1.29 is 19.1 Å². The Balaban J connectivity index is 3.67. The second kappa shape index (κ2) is 7.46. The summed E-state index contributed by atoms with van der Waals surface area (Å²) in [6, 6.07) is 0. The highest BCUT2D eigenvalue weighted by molar-refractivity contribution is 5.96. The van der Waals surface area contributed by atoms with Crippen molar-refractivity contribution in [3.05, 3.63) is 0 Å². The van der Waals surface area contributed by atoms with Crippen molar-refractivity contribution in [2.75, 3.05) is 27.4 Å². The Morgan fingerprint density at radius 1 is 1.36 bits per heavy atom. The number of ether oxygens (including phenoxy) is 2. The Hall–Kier alpha value is -0.940. The first-order chi connectivity index (χ1) is 6.60. The molecule has 1 atom stereocenters. The van der Waals surface area contributed by atoms with Crippen molar-refractivity contribution in [3.8, 4) is 0 Å². The van der Waals surface area contributed by atoms with Crippen LogP contribution in [0.4, 0.5) is 0 Å². The molecule has 0 saturated heterocycles. The first-order valence-corrected chi connectivity index (χ1v) is 4.38. The van der Waals surface area contributed by atoms with Crippen LogP contribution in [0.15, 0.2) is 0 Å². The van der Waals surface area contributed by atoms with Gasteiger partial charge in [-0.25, -0.2) is 0 Å². The van der Waals surface area contributed by atoms with Crippen LogP contribution >= 0.6 is 0 Å². The summed E-state index contributed by atoms with van der Waals surface area (Å²) < 4.78 is 9.89. The Bertz CT molecular complexity index is 193. The largest absolute Gasteiger partial charge is 0.382 e. The third-order valence-corrected chi connectivity index (χ3v) is 1.62. The van der Waals surface area contributed by atoms with Crippen molar-refractivity contribution in [1.29, 1.82) is 0 Å². The van der Waals surface area contributed by atoms with Crippen LogP contribution in [0.25, 0.3) is 0 Å². The molecule has 14 heavy (non-hydrogen) atoms. The SMILES string of the molecule is COCC(CNC(=O)CC(C)=O)OC. The van der Waals surface area contributed by atoms with Gasteiger partial charge in [0.1, 0.15) is 5.78 Å². The Kier molecular flexibility index (Phi) is 6.96. The number of amides is 1. The van der Waals surface area contributed by atoms with E-state index >= 15 is 0 Å². The van der Waals surface area contributed by atoms with E-state index in [-0.39, 0.29) is 24.2 Å². The minimum atomic E-state index is -0.282. The van der Waals surface area contributed by atoms with E-state index < -0.39 is 0 Å². The van der Waals surface area contributed by atoms with Gasteiger partial charge >= 0.3 is 0 Å². The number of rotatable bonds is 7. The molecule has 0 bridgehead atoms. The molecule has 0 rings (SSSR count). The normalized spacial score (nSPS) is 12.2. The number of nitrogens with one attached hydrogen (secondary N) is 1. The number of carbonyl (C=O) groups excluding carboxylic acids is 2. The summed E-state index contributed by atoms with van der Waals surface area (Å²) >= 11 is 0. The lowest BCUT2D eigenvalue weighted by Crippen LogP contribution is -2.36. The molecule has 5 heteroatoms. The topological polar surface area (TPSA) is 64.6 Å². The molecule has 0 radical (unpaired) electrons. The molecule has 0 spiro atoms. The highest BCUT2D eigenvalue weighted by Crippen LogP contribution is 1.89. The first kappa shape index (κ1) is 13.1. The minimum absolute atomic E-state index is 0.0799.